The largest absolute Gasteiger partial charge is 0.356 e. The fourth-order valence-corrected chi connectivity index (χ4v) is 3.75. The Balaban J connectivity index is 1.86. The second kappa shape index (κ2) is 17.8. The predicted octanol–water partition coefficient (Wildman–Crippen LogP) is 5.81. The lowest BCUT2D eigenvalue weighted by atomic mass is 10.1. The van der Waals surface area contributed by atoms with E-state index in [2.05, 4.69) is 29.7 Å². The lowest BCUT2D eigenvalue weighted by Crippen LogP contribution is -2.36. The number of carbonyl (C=O) groups excluding carboxylic acids is 2. The summed E-state index contributed by atoms with van der Waals surface area (Å²) in [6.45, 7) is 3.00. The van der Waals surface area contributed by atoms with Crippen molar-refractivity contribution in [3.8, 4) is 0 Å². The van der Waals surface area contributed by atoms with Crippen LogP contribution >= 0.6 is 0 Å². The van der Waals surface area contributed by atoms with Crippen LogP contribution in [0.15, 0.2) is 12.2 Å². The maximum Gasteiger partial charge on any atom is 0.222 e. The monoisotopic (exact) mass is 392 g/mol. The van der Waals surface area contributed by atoms with Gasteiger partial charge >= 0.3 is 0 Å². The van der Waals surface area contributed by atoms with Crippen LogP contribution in [-0.4, -0.2) is 24.4 Å². The van der Waals surface area contributed by atoms with Gasteiger partial charge in [0.15, 0.2) is 0 Å². The number of carbonyl (C=O) groups is 2. The second-order valence-corrected chi connectivity index (χ2v) is 8.30. The molecule has 1 aliphatic heterocycles. The summed E-state index contributed by atoms with van der Waals surface area (Å²) in [5, 5.41) is 5.88. The molecular formula is C24H44N2O2. The van der Waals surface area contributed by atoms with E-state index in [4.69, 9.17) is 0 Å². The van der Waals surface area contributed by atoms with E-state index in [9.17, 15) is 9.59 Å². The molecular weight excluding hydrogens is 348 g/mol. The van der Waals surface area contributed by atoms with Crippen LogP contribution < -0.4 is 10.6 Å². The zero-order valence-corrected chi connectivity index (χ0v) is 18.3. The van der Waals surface area contributed by atoms with Gasteiger partial charge in [0, 0.05) is 25.4 Å². The molecule has 1 heterocycles. The number of hydrogen-bond donors (Lipinski definition) is 2. The standard InChI is InChI=1S/C24H44N2O2/c1-2-3-4-5-6-7-8-9-10-11-12-13-14-15-16-19-23(27)26-22-18-17-20-25-24(28)21-22/h9-10,22H,2-8,11-21H2,1H3,(H,25,28)(H,26,27)/t22-/m0/s1. The Kier molecular flexibility index (Phi) is 15.7. The first-order valence-electron chi connectivity index (χ1n) is 11.9. The summed E-state index contributed by atoms with van der Waals surface area (Å²) in [7, 11) is 0. The molecule has 1 atom stereocenters. The summed E-state index contributed by atoms with van der Waals surface area (Å²) >= 11 is 0. The molecule has 1 saturated heterocycles. The van der Waals surface area contributed by atoms with E-state index in [0.717, 1.165) is 32.2 Å². The van der Waals surface area contributed by atoms with Crippen LogP contribution in [0.4, 0.5) is 0 Å². The summed E-state index contributed by atoms with van der Waals surface area (Å²) in [6.07, 6.45) is 24.1. The molecule has 0 aromatic rings. The van der Waals surface area contributed by atoms with Crippen molar-refractivity contribution in [2.75, 3.05) is 6.54 Å². The van der Waals surface area contributed by atoms with Gasteiger partial charge in [-0.15, -0.1) is 0 Å². The highest BCUT2D eigenvalue weighted by Gasteiger charge is 2.18. The fraction of sp³-hybridized carbons (Fsp3) is 0.833. The third-order valence-corrected chi connectivity index (χ3v) is 5.51. The third-order valence-electron chi connectivity index (χ3n) is 5.51. The van der Waals surface area contributed by atoms with Crippen LogP contribution in [0.2, 0.25) is 0 Å². The number of rotatable bonds is 16. The number of allylic oxidation sites excluding steroid dienone is 2. The molecule has 0 aromatic carbocycles. The zero-order valence-electron chi connectivity index (χ0n) is 18.3. The molecule has 2 amide bonds. The number of unbranched alkanes of at least 4 members (excludes halogenated alkanes) is 11. The van der Waals surface area contributed by atoms with Gasteiger partial charge in [-0.05, 0) is 44.9 Å². The summed E-state index contributed by atoms with van der Waals surface area (Å²) in [4.78, 5) is 23.5. The van der Waals surface area contributed by atoms with Crippen LogP contribution in [0.5, 0.6) is 0 Å². The second-order valence-electron chi connectivity index (χ2n) is 8.30. The quantitative estimate of drug-likeness (QED) is 0.257. The minimum atomic E-state index is 0.0260. The van der Waals surface area contributed by atoms with Crippen LogP contribution in [0.1, 0.15) is 116 Å². The molecule has 2 N–H and O–H groups in total. The van der Waals surface area contributed by atoms with E-state index in [1.807, 2.05) is 0 Å². The Bertz CT molecular complexity index is 434. The van der Waals surface area contributed by atoms with Crippen molar-refractivity contribution in [2.45, 2.75) is 122 Å². The topological polar surface area (TPSA) is 58.2 Å². The Morgan fingerprint density at radius 3 is 2.25 bits per heavy atom. The number of hydrogen-bond acceptors (Lipinski definition) is 2. The van der Waals surface area contributed by atoms with Gasteiger partial charge in [0.1, 0.15) is 0 Å². The molecule has 0 bridgehead atoms. The summed E-state index contributed by atoms with van der Waals surface area (Å²) in [5.41, 5.74) is 0. The molecule has 0 saturated carbocycles. The normalized spacial score (nSPS) is 17.5. The van der Waals surface area contributed by atoms with Crippen molar-refractivity contribution in [1.82, 2.24) is 10.6 Å². The molecule has 0 spiro atoms. The molecule has 1 rings (SSSR count). The van der Waals surface area contributed by atoms with Gasteiger partial charge in [-0.25, -0.2) is 0 Å². The van der Waals surface area contributed by atoms with E-state index < -0.39 is 0 Å². The minimum absolute atomic E-state index is 0.0260. The van der Waals surface area contributed by atoms with Crippen LogP contribution in [0.3, 0.4) is 0 Å². The molecule has 1 aliphatic rings. The van der Waals surface area contributed by atoms with Crippen molar-refractivity contribution < 1.29 is 9.59 Å². The predicted molar refractivity (Wildman–Crippen MR) is 118 cm³/mol. The Labute approximate surface area is 173 Å². The first kappa shape index (κ1) is 24.7. The average Bonchev–Trinajstić information content (AvgIpc) is 2.88. The maximum atomic E-state index is 12.0. The smallest absolute Gasteiger partial charge is 0.222 e. The summed E-state index contributed by atoms with van der Waals surface area (Å²) in [5.74, 6) is 0.168. The van der Waals surface area contributed by atoms with Gasteiger partial charge in [0.2, 0.25) is 11.8 Å². The van der Waals surface area contributed by atoms with Gasteiger partial charge in [0.05, 0.1) is 0 Å². The molecule has 0 radical (unpaired) electrons. The van der Waals surface area contributed by atoms with E-state index in [1.54, 1.807) is 0 Å². The number of amides is 2. The summed E-state index contributed by atoms with van der Waals surface area (Å²) < 4.78 is 0. The molecule has 4 heteroatoms. The van der Waals surface area contributed by atoms with Crippen LogP contribution in [0.25, 0.3) is 0 Å². The van der Waals surface area contributed by atoms with Gasteiger partial charge in [0.25, 0.3) is 0 Å². The highest BCUT2D eigenvalue weighted by molar-refractivity contribution is 5.79. The lowest BCUT2D eigenvalue weighted by Gasteiger charge is -2.15. The van der Waals surface area contributed by atoms with Crippen LogP contribution in [0, 0.1) is 0 Å². The molecule has 4 nitrogen and oxygen atoms in total. The van der Waals surface area contributed by atoms with Crippen molar-refractivity contribution in [1.29, 1.82) is 0 Å². The van der Waals surface area contributed by atoms with Crippen LogP contribution in [-0.2, 0) is 9.59 Å². The zero-order chi connectivity index (χ0) is 20.3. The highest BCUT2D eigenvalue weighted by Crippen LogP contribution is 2.11. The van der Waals surface area contributed by atoms with Gasteiger partial charge in [-0.2, -0.15) is 0 Å². The maximum absolute atomic E-state index is 12.0. The van der Waals surface area contributed by atoms with Crippen molar-refractivity contribution in [2.24, 2.45) is 0 Å². The van der Waals surface area contributed by atoms with Gasteiger partial charge in [-0.3, -0.25) is 9.59 Å². The first-order valence-corrected chi connectivity index (χ1v) is 11.9. The number of nitrogens with one attached hydrogen (secondary N) is 2. The Hall–Kier alpha value is -1.32. The van der Waals surface area contributed by atoms with Gasteiger partial charge in [-0.1, -0.05) is 70.4 Å². The molecule has 0 unspecified atom stereocenters. The van der Waals surface area contributed by atoms with Crippen molar-refractivity contribution in [3.05, 3.63) is 12.2 Å². The van der Waals surface area contributed by atoms with E-state index in [0.29, 0.717) is 12.8 Å². The molecule has 0 aliphatic carbocycles. The van der Waals surface area contributed by atoms with E-state index in [-0.39, 0.29) is 17.9 Å². The van der Waals surface area contributed by atoms with Crippen molar-refractivity contribution >= 4 is 11.8 Å². The summed E-state index contributed by atoms with van der Waals surface area (Å²) in [6, 6.07) is 0.0260. The third kappa shape index (κ3) is 14.7. The van der Waals surface area contributed by atoms with E-state index >= 15 is 0 Å². The fourth-order valence-electron chi connectivity index (χ4n) is 3.75. The molecule has 28 heavy (non-hydrogen) atoms. The van der Waals surface area contributed by atoms with Crippen molar-refractivity contribution in [3.63, 3.8) is 0 Å². The average molecular weight is 393 g/mol. The molecule has 1 fully saturated rings. The highest BCUT2D eigenvalue weighted by atomic mass is 16.2. The Morgan fingerprint density at radius 1 is 0.964 bits per heavy atom. The molecule has 162 valence electrons. The van der Waals surface area contributed by atoms with E-state index in [1.165, 1.54) is 70.6 Å². The molecule has 0 aromatic heterocycles. The first-order chi connectivity index (χ1) is 13.7. The lowest BCUT2D eigenvalue weighted by molar-refractivity contribution is -0.123. The minimum Gasteiger partial charge on any atom is -0.356 e. The Morgan fingerprint density at radius 2 is 1.57 bits per heavy atom. The SMILES string of the molecule is CCCCCCCCC=CCCCCCCCC(=O)N[C@H]1CCCNC(=O)C1. The van der Waals surface area contributed by atoms with Gasteiger partial charge < -0.3 is 10.6 Å².